The number of hydrogen-bond donors (Lipinski definition) is 0. The predicted octanol–water partition coefficient (Wildman–Crippen LogP) is 4.49. The molecule has 0 amide bonds. The first kappa shape index (κ1) is 15.4. The monoisotopic (exact) mass is 349 g/mol. The van der Waals surface area contributed by atoms with E-state index in [0.29, 0.717) is 11.3 Å². The number of ketones is 1. The van der Waals surface area contributed by atoms with Crippen molar-refractivity contribution >= 4 is 28.2 Å². The summed E-state index contributed by atoms with van der Waals surface area (Å²) in [4.78, 5) is 21.7. The van der Waals surface area contributed by atoms with E-state index in [4.69, 9.17) is 0 Å². The number of carbonyl (C=O) groups is 1. The smallest absolute Gasteiger partial charge is 0.194 e. The Morgan fingerprint density at radius 1 is 1.12 bits per heavy atom. The van der Waals surface area contributed by atoms with Gasteiger partial charge in [0.1, 0.15) is 5.82 Å². The fraction of sp³-hybridized carbons (Fsp3) is 0. The molecule has 0 spiro atoms. The lowest BCUT2D eigenvalue weighted by atomic mass is 10.1. The molecule has 0 saturated heterocycles. The van der Waals surface area contributed by atoms with E-state index < -0.39 is 0 Å². The number of rotatable bonds is 4. The van der Waals surface area contributed by atoms with E-state index in [9.17, 15) is 9.18 Å². The largest absolute Gasteiger partial charge is 0.290 e. The van der Waals surface area contributed by atoms with Gasteiger partial charge in [0.25, 0.3) is 0 Å². The lowest BCUT2D eigenvalue weighted by Crippen LogP contribution is -1.94. The van der Waals surface area contributed by atoms with Crippen molar-refractivity contribution in [3.63, 3.8) is 0 Å². The molecule has 6 heteroatoms. The average Bonchev–Trinajstić information content (AvgIpc) is 3.23. The zero-order valence-corrected chi connectivity index (χ0v) is 13.8. The van der Waals surface area contributed by atoms with Crippen molar-refractivity contribution in [1.82, 2.24) is 14.4 Å². The van der Waals surface area contributed by atoms with Gasteiger partial charge in [-0.3, -0.25) is 14.2 Å². The molecule has 3 heterocycles. The first-order chi connectivity index (χ1) is 12.2. The normalized spacial score (nSPS) is 11.4. The van der Waals surface area contributed by atoms with Gasteiger partial charge in [-0.2, -0.15) is 0 Å². The molecule has 4 aromatic rings. The van der Waals surface area contributed by atoms with Crippen LogP contribution in [0.3, 0.4) is 0 Å². The van der Waals surface area contributed by atoms with E-state index in [0.717, 1.165) is 16.2 Å². The Morgan fingerprint density at radius 2 is 1.88 bits per heavy atom. The highest BCUT2D eigenvalue weighted by Crippen LogP contribution is 2.28. The Bertz CT molecular complexity index is 1070. The standard InChI is InChI=1S/C19H12FN3OS/c20-15-3-1-14(2-4-15)18-16(23-11-12-25-19(23)22-18)5-6-17(24)13-7-9-21-10-8-13/h1-12H. The fourth-order valence-corrected chi connectivity index (χ4v) is 3.27. The summed E-state index contributed by atoms with van der Waals surface area (Å²) in [6.45, 7) is 0. The number of hydrogen-bond acceptors (Lipinski definition) is 4. The summed E-state index contributed by atoms with van der Waals surface area (Å²) in [6, 6.07) is 9.51. The van der Waals surface area contributed by atoms with E-state index in [2.05, 4.69) is 9.97 Å². The highest BCUT2D eigenvalue weighted by atomic mass is 32.1. The minimum absolute atomic E-state index is 0.113. The molecule has 25 heavy (non-hydrogen) atoms. The van der Waals surface area contributed by atoms with Crippen LogP contribution in [-0.4, -0.2) is 20.2 Å². The molecule has 0 aliphatic carbocycles. The maximum Gasteiger partial charge on any atom is 0.194 e. The number of allylic oxidation sites excluding steroid dienone is 1. The molecule has 0 aliphatic rings. The van der Waals surface area contributed by atoms with Crippen molar-refractivity contribution in [2.45, 2.75) is 0 Å². The molecule has 0 aliphatic heterocycles. The molecule has 0 fully saturated rings. The topological polar surface area (TPSA) is 47.3 Å². The highest BCUT2D eigenvalue weighted by molar-refractivity contribution is 7.15. The molecule has 0 atom stereocenters. The van der Waals surface area contributed by atoms with Crippen LogP contribution in [0.5, 0.6) is 0 Å². The van der Waals surface area contributed by atoms with Crippen LogP contribution in [0.25, 0.3) is 22.3 Å². The molecule has 0 unspecified atom stereocenters. The van der Waals surface area contributed by atoms with Crippen molar-refractivity contribution in [3.05, 3.63) is 83.5 Å². The van der Waals surface area contributed by atoms with E-state index in [1.807, 2.05) is 16.0 Å². The van der Waals surface area contributed by atoms with Crippen LogP contribution in [-0.2, 0) is 0 Å². The number of nitrogens with zero attached hydrogens (tertiary/aromatic N) is 3. The van der Waals surface area contributed by atoms with Gasteiger partial charge >= 0.3 is 0 Å². The first-order valence-electron chi connectivity index (χ1n) is 7.56. The van der Waals surface area contributed by atoms with Crippen molar-refractivity contribution in [2.75, 3.05) is 0 Å². The fourth-order valence-electron chi connectivity index (χ4n) is 2.55. The third kappa shape index (κ3) is 2.99. The van der Waals surface area contributed by atoms with Crippen molar-refractivity contribution < 1.29 is 9.18 Å². The zero-order chi connectivity index (χ0) is 17.2. The van der Waals surface area contributed by atoms with Crippen molar-refractivity contribution in [3.8, 4) is 11.3 Å². The lowest BCUT2D eigenvalue weighted by Gasteiger charge is -2.00. The molecule has 122 valence electrons. The number of fused-ring (bicyclic) bond motifs is 1. The Morgan fingerprint density at radius 3 is 2.64 bits per heavy atom. The summed E-state index contributed by atoms with van der Waals surface area (Å²) in [5.74, 6) is -0.410. The molecule has 4 rings (SSSR count). The Balaban J connectivity index is 1.76. The molecular formula is C19H12FN3OS. The Kier molecular flexibility index (Phi) is 3.95. The van der Waals surface area contributed by atoms with Crippen LogP contribution in [0.15, 0.2) is 66.4 Å². The molecule has 0 radical (unpaired) electrons. The summed E-state index contributed by atoms with van der Waals surface area (Å²) in [5, 5.41) is 1.93. The highest BCUT2D eigenvalue weighted by Gasteiger charge is 2.13. The molecule has 1 aromatic carbocycles. The average molecular weight is 349 g/mol. The molecular weight excluding hydrogens is 337 g/mol. The third-order valence-corrected chi connectivity index (χ3v) is 4.53. The summed E-state index contributed by atoms with van der Waals surface area (Å²) in [6.07, 6.45) is 8.33. The Labute approximate surface area is 146 Å². The zero-order valence-electron chi connectivity index (χ0n) is 13.0. The van der Waals surface area contributed by atoms with Crippen LogP contribution in [0.4, 0.5) is 4.39 Å². The number of benzene rings is 1. The number of imidazole rings is 1. The first-order valence-corrected chi connectivity index (χ1v) is 8.44. The Hall–Kier alpha value is -3.12. The van der Waals surface area contributed by atoms with Gasteiger partial charge in [-0.05, 0) is 48.6 Å². The van der Waals surface area contributed by atoms with E-state index in [1.54, 1.807) is 42.7 Å². The van der Waals surface area contributed by atoms with Gasteiger partial charge in [-0.1, -0.05) is 0 Å². The van der Waals surface area contributed by atoms with Crippen molar-refractivity contribution in [2.24, 2.45) is 0 Å². The summed E-state index contributed by atoms with van der Waals surface area (Å²) in [7, 11) is 0. The van der Waals surface area contributed by atoms with Crippen LogP contribution in [0.1, 0.15) is 16.1 Å². The van der Waals surface area contributed by atoms with Crippen LogP contribution < -0.4 is 0 Å². The van der Waals surface area contributed by atoms with Gasteiger partial charge in [-0.25, -0.2) is 9.37 Å². The molecule has 3 aromatic heterocycles. The maximum absolute atomic E-state index is 13.2. The maximum atomic E-state index is 13.2. The number of pyridine rings is 1. The molecule has 0 N–H and O–H groups in total. The van der Waals surface area contributed by atoms with Gasteiger partial charge in [0.15, 0.2) is 10.7 Å². The SMILES string of the molecule is O=C(C=Cc1c(-c2ccc(F)cc2)nc2sccn12)c1ccncc1. The van der Waals surface area contributed by atoms with Crippen molar-refractivity contribution in [1.29, 1.82) is 0 Å². The van der Waals surface area contributed by atoms with E-state index in [-0.39, 0.29) is 11.6 Å². The quantitative estimate of drug-likeness (QED) is 0.403. The van der Waals surface area contributed by atoms with Crippen LogP contribution >= 0.6 is 11.3 Å². The van der Waals surface area contributed by atoms with Gasteiger partial charge in [-0.15, -0.1) is 11.3 Å². The summed E-state index contributed by atoms with van der Waals surface area (Å²) in [5.41, 5.74) is 2.87. The summed E-state index contributed by atoms with van der Waals surface area (Å²) < 4.78 is 15.1. The number of carbonyl (C=O) groups excluding carboxylic acids is 1. The van der Waals surface area contributed by atoms with Gasteiger partial charge in [0.05, 0.1) is 11.4 Å². The van der Waals surface area contributed by atoms with E-state index in [1.165, 1.54) is 29.5 Å². The number of aromatic nitrogens is 3. The lowest BCUT2D eigenvalue weighted by molar-refractivity contribution is 0.104. The van der Waals surface area contributed by atoms with Gasteiger partial charge in [0, 0.05) is 35.1 Å². The second-order valence-corrected chi connectivity index (χ2v) is 6.21. The summed E-state index contributed by atoms with van der Waals surface area (Å²) >= 11 is 1.50. The molecule has 4 nitrogen and oxygen atoms in total. The molecule has 0 bridgehead atoms. The second kappa shape index (κ2) is 6.41. The third-order valence-electron chi connectivity index (χ3n) is 3.77. The van der Waals surface area contributed by atoms with Crippen LogP contribution in [0.2, 0.25) is 0 Å². The number of halogens is 1. The van der Waals surface area contributed by atoms with E-state index >= 15 is 0 Å². The van der Waals surface area contributed by atoms with Gasteiger partial charge in [0.2, 0.25) is 0 Å². The molecule has 0 saturated carbocycles. The number of thiazole rings is 1. The predicted molar refractivity (Wildman–Crippen MR) is 96.1 cm³/mol. The minimum Gasteiger partial charge on any atom is -0.290 e. The van der Waals surface area contributed by atoms with Crippen LogP contribution in [0, 0.1) is 5.82 Å². The minimum atomic E-state index is -0.297. The second-order valence-electron chi connectivity index (χ2n) is 5.34. The van der Waals surface area contributed by atoms with Gasteiger partial charge < -0.3 is 0 Å².